The van der Waals surface area contributed by atoms with Crippen LogP contribution in [0.1, 0.15) is 42.5 Å². The van der Waals surface area contributed by atoms with Crippen LogP contribution in [0.2, 0.25) is 0 Å². The second-order valence-corrected chi connectivity index (χ2v) is 4.63. The summed E-state index contributed by atoms with van der Waals surface area (Å²) in [5.74, 6) is -0.192. The maximum atomic E-state index is 11.5. The topological polar surface area (TPSA) is 54.9 Å². The summed E-state index contributed by atoms with van der Waals surface area (Å²) in [5, 5.41) is 2.66. The smallest absolute Gasteiger partial charge is 0.275 e. The molecule has 4 heteroatoms. The summed E-state index contributed by atoms with van der Waals surface area (Å²) in [6.07, 6.45) is 1.43. The highest BCUT2D eigenvalue weighted by Crippen LogP contribution is 2.31. The molecule has 2 rings (SSSR count). The molecule has 1 amide bonds. The van der Waals surface area contributed by atoms with E-state index in [0.717, 1.165) is 11.3 Å². The molecule has 1 aliphatic rings. The predicted molar refractivity (Wildman–Crippen MR) is 57.2 cm³/mol. The molecule has 0 spiro atoms. The lowest BCUT2D eigenvalue weighted by Crippen LogP contribution is -2.17. The Balaban J connectivity index is 2.71. The molecule has 1 aromatic heterocycles. The molecule has 15 heavy (non-hydrogen) atoms. The van der Waals surface area contributed by atoms with Crippen molar-refractivity contribution in [2.75, 3.05) is 0 Å². The Hall–Kier alpha value is -1.71. The van der Waals surface area contributed by atoms with Crippen molar-refractivity contribution < 1.29 is 4.79 Å². The summed E-state index contributed by atoms with van der Waals surface area (Å²) < 4.78 is 0. The van der Waals surface area contributed by atoms with Gasteiger partial charge in [-0.25, -0.2) is 9.97 Å². The number of nitrogens with one attached hydrogen (secondary N) is 1. The van der Waals surface area contributed by atoms with Crippen molar-refractivity contribution in [1.82, 2.24) is 15.3 Å². The number of carbonyl (C=O) groups is 1. The monoisotopic (exact) mass is 203 g/mol. The second kappa shape index (κ2) is 2.89. The molecular weight excluding hydrogens is 190 g/mol. The van der Waals surface area contributed by atoms with Crippen LogP contribution in [-0.4, -0.2) is 15.9 Å². The first kappa shape index (κ1) is 9.83. The number of rotatable bonds is 0. The van der Waals surface area contributed by atoms with Gasteiger partial charge in [0.15, 0.2) is 0 Å². The van der Waals surface area contributed by atoms with Crippen LogP contribution in [0.5, 0.6) is 0 Å². The maximum absolute atomic E-state index is 11.5. The van der Waals surface area contributed by atoms with Gasteiger partial charge in [-0.3, -0.25) is 4.79 Å². The largest absolute Gasteiger partial charge is 0.320 e. The predicted octanol–water partition coefficient (Wildman–Crippen LogP) is 1.49. The van der Waals surface area contributed by atoms with E-state index in [0.29, 0.717) is 11.4 Å². The number of fused-ring (bicyclic) bond motifs is 1. The van der Waals surface area contributed by atoms with Crippen molar-refractivity contribution >= 4 is 11.6 Å². The summed E-state index contributed by atoms with van der Waals surface area (Å²) in [4.78, 5) is 19.7. The molecule has 0 bridgehead atoms. The van der Waals surface area contributed by atoms with Crippen LogP contribution in [0.15, 0.2) is 12.9 Å². The van der Waals surface area contributed by atoms with Gasteiger partial charge in [0.25, 0.3) is 5.91 Å². The standard InChI is InChI=1S/C11H13N3O/c1-6-7-8(10(15)14-6)12-5-13-9(7)11(2,3)4/h5H,1H2,2-4H3,(H,14,15). The molecular formula is C11H13N3O. The van der Waals surface area contributed by atoms with E-state index in [1.807, 2.05) is 20.8 Å². The number of hydrogen-bond acceptors (Lipinski definition) is 3. The third kappa shape index (κ3) is 1.42. The molecule has 0 atom stereocenters. The van der Waals surface area contributed by atoms with Gasteiger partial charge in [-0.05, 0) is 0 Å². The number of carbonyl (C=O) groups excluding carboxylic acids is 1. The van der Waals surface area contributed by atoms with Gasteiger partial charge in [0.05, 0.1) is 11.3 Å². The van der Waals surface area contributed by atoms with E-state index < -0.39 is 0 Å². The van der Waals surface area contributed by atoms with E-state index in [-0.39, 0.29) is 11.3 Å². The molecule has 4 nitrogen and oxygen atoms in total. The average molecular weight is 203 g/mol. The highest BCUT2D eigenvalue weighted by Gasteiger charge is 2.31. The van der Waals surface area contributed by atoms with Gasteiger partial charge in [0, 0.05) is 11.1 Å². The quantitative estimate of drug-likeness (QED) is 0.695. The summed E-state index contributed by atoms with van der Waals surface area (Å²) in [7, 11) is 0. The first-order valence-electron chi connectivity index (χ1n) is 4.77. The second-order valence-electron chi connectivity index (χ2n) is 4.63. The van der Waals surface area contributed by atoms with Gasteiger partial charge in [0.2, 0.25) is 0 Å². The van der Waals surface area contributed by atoms with Crippen molar-refractivity contribution in [1.29, 1.82) is 0 Å². The maximum Gasteiger partial charge on any atom is 0.275 e. The van der Waals surface area contributed by atoms with Gasteiger partial charge < -0.3 is 5.32 Å². The lowest BCUT2D eigenvalue weighted by molar-refractivity contribution is 0.0976. The molecule has 2 heterocycles. The fourth-order valence-corrected chi connectivity index (χ4v) is 1.67. The Labute approximate surface area is 88.4 Å². The number of aromatic nitrogens is 2. The molecule has 0 aromatic carbocycles. The fourth-order valence-electron chi connectivity index (χ4n) is 1.67. The first-order chi connectivity index (χ1) is 6.91. The van der Waals surface area contributed by atoms with Crippen molar-refractivity contribution in [3.8, 4) is 0 Å². The molecule has 0 unspecified atom stereocenters. The van der Waals surface area contributed by atoms with E-state index in [1.54, 1.807) is 0 Å². The van der Waals surface area contributed by atoms with Crippen molar-refractivity contribution in [2.45, 2.75) is 26.2 Å². The summed E-state index contributed by atoms with van der Waals surface area (Å²) in [6, 6.07) is 0. The molecule has 0 radical (unpaired) electrons. The average Bonchev–Trinajstić information content (AvgIpc) is 2.41. The van der Waals surface area contributed by atoms with Crippen LogP contribution in [0.4, 0.5) is 0 Å². The lowest BCUT2D eigenvalue weighted by atomic mass is 9.88. The van der Waals surface area contributed by atoms with Gasteiger partial charge in [0.1, 0.15) is 12.0 Å². The van der Waals surface area contributed by atoms with Gasteiger partial charge in [-0.15, -0.1) is 0 Å². The molecule has 1 aliphatic heterocycles. The summed E-state index contributed by atoms with van der Waals surface area (Å²) in [5.41, 5.74) is 2.52. The van der Waals surface area contributed by atoms with Crippen LogP contribution >= 0.6 is 0 Å². The Morgan fingerprint density at radius 3 is 2.60 bits per heavy atom. The van der Waals surface area contributed by atoms with Gasteiger partial charge in [-0.1, -0.05) is 27.4 Å². The molecule has 1 N–H and O–H groups in total. The zero-order chi connectivity index (χ0) is 11.2. The van der Waals surface area contributed by atoms with Crippen LogP contribution in [0, 0.1) is 0 Å². The van der Waals surface area contributed by atoms with Crippen LogP contribution in [0.3, 0.4) is 0 Å². The van der Waals surface area contributed by atoms with Gasteiger partial charge in [-0.2, -0.15) is 0 Å². The molecule has 78 valence electrons. The fraction of sp³-hybridized carbons (Fsp3) is 0.364. The minimum absolute atomic E-state index is 0.123. The van der Waals surface area contributed by atoms with Crippen molar-refractivity contribution in [2.24, 2.45) is 0 Å². The summed E-state index contributed by atoms with van der Waals surface area (Å²) >= 11 is 0. The Morgan fingerprint density at radius 1 is 1.33 bits per heavy atom. The van der Waals surface area contributed by atoms with E-state index in [9.17, 15) is 4.79 Å². The van der Waals surface area contributed by atoms with E-state index in [2.05, 4.69) is 21.9 Å². The first-order valence-corrected chi connectivity index (χ1v) is 4.77. The van der Waals surface area contributed by atoms with Crippen molar-refractivity contribution in [3.63, 3.8) is 0 Å². The van der Waals surface area contributed by atoms with Crippen molar-refractivity contribution in [3.05, 3.63) is 29.9 Å². The Bertz CT molecular complexity index is 457. The Kier molecular flexibility index (Phi) is 1.89. The number of nitrogens with zero attached hydrogens (tertiary/aromatic N) is 2. The van der Waals surface area contributed by atoms with Gasteiger partial charge >= 0.3 is 0 Å². The zero-order valence-electron chi connectivity index (χ0n) is 9.09. The van der Waals surface area contributed by atoms with E-state index in [4.69, 9.17) is 0 Å². The molecule has 1 aromatic rings. The summed E-state index contributed by atoms with van der Waals surface area (Å²) in [6.45, 7) is 9.95. The minimum atomic E-state index is -0.192. The highest BCUT2D eigenvalue weighted by atomic mass is 16.2. The minimum Gasteiger partial charge on any atom is -0.320 e. The van der Waals surface area contributed by atoms with Crippen LogP contribution in [-0.2, 0) is 5.41 Å². The molecule has 0 saturated carbocycles. The molecule has 0 saturated heterocycles. The number of amides is 1. The SMILES string of the molecule is C=C1NC(=O)c2ncnc(C(C)(C)C)c21. The van der Waals surface area contributed by atoms with E-state index in [1.165, 1.54) is 6.33 Å². The Morgan fingerprint density at radius 2 is 2.00 bits per heavy atom. The number of hydrogen-bond donors (Lipinski definition) is 1. The third-order valence-electron chi connectivity index (χ3n) is 2.34. The van der Waals surface area contributed by atoms with Crippen LogP contribution < -0.4 is 5.32 Å². The van der Waals surface area contributed by atoms with Crippen LogP contribution in [0.25, 0.3) is 5.70 Å². The molecule has 0 aliphatic carbocycles. The lowest BCUT2D eigenvalue weighted by Gasteiger charge is -2.20. The zero-order valence-corrected chi connectivity index (χ0v) is 9.09. The van der Waals surface area contributed by atoms with E-state index >= 15 is 0 Å². The molecule has 0 fully saturated rings. The third-order valence-corrected chi connectivity index (χ3v) is 2.34. The highest BCUT2D eigenvalue weighted by molar-refractivity contribution is 6.07. The normalized spacial score (nSPS) is 15.1.